The van der Waals surface area contributed by atoms with Gasteiger partial charge in [-0.25, -0.2) is 13.1 Å². The van der Waals surface area contributed by atoms with E-state index < -0.39 is 10.0 Å². The van der Waals surface area contributed by atoms with E-state index in [0.717, 1.165) is 13.0 Å². The highest BCUT2D eigenvalue weighted by Gasteiger charge is 2.22. The van der Waals surface area contributed by atoms with Crippen LogP contribution in [0.1, 0.15) is 16.8 Å². The molecule has 6 nitrogen and oxygen atoms in total. The Hall–Kier alpha value is -1.44. The fourth-order valence-corrected chi connectivity index (χ4v) is 3.24. The topological polar surface area (TPSA) is 87.3 Å². The van der Waals surface area contributed by atoms with Crippen LogP contribution in [-0.4, -0.2) is 40.5 Å². The van der Waals surface area contributed by atoms with Crippen molar-refractivity contribution in [3.63, 3.8) is 0 Å². The molecule has 0 aromatic heterocycles. The lowest BCUT2D eigenvalue weighted by molar-refractivity contribution is 0.0963. The standard InChI is InChI=1S/C12H17N3O3S/c1-13-12(16)9-2-4-11(5-3-9)19(17,18)15-10-6-7-14-8-10/h2-5,10,14-15H,6-8H2,1H3,(H,13,16)/t10-/m0/s1. The Morgan fingerprint density at radius 1 is 1.32 bits per heavy atom. The highest BCUT2D eigenvalue weighted by atomic mass is 32.2. The highest BCUT2D eigenvalue weighted by molar-refractivity contribution is 7.89. The second-order valence-corrected chi connectivity index (χ2v) is 6.13. The summed E-state index contributed by atoms with van der Waals surface area (Å²) < 4.78 is 26.8. The third-order valence-corrected chi connectivity index (χ3v) is 4.57. The SMILES string of the molecule is CNC(=O)c1ccc(S(=O)(=O)N[C@H]2CCNC2)cc1. The Kier molecular flexibility index (Phi) is 4.18. The molecule has 104 valence electrons. The quantitative estimate of drug-likeness (QED) is 0.707. The number of hydrogen-bond donors (Lipinski definition) is 3. The van der Waals surface area contributed by atoms with Crippen LogP contribution in [0.3, 0.4) is 0 Å². The second kappa shape index (κ2) is 5.68. The number of carbonyl (C=O) groups excluding carboxylic acids is 1. The third kappa shape index (κ3) is 3.31. The molecule has 19 heavy (non-hydrogen) atoms. The fourth-order valence-electron chi connectivity index (χ4n) is 1.97. The molecule has 1 atom stereocenters. The molecule has 3 N–H and O–H groups in total. The average Bonchev–Trinajstić information content (AvgIpc) is 2.90. The van der Waals surface area contributed by atoms with Gasteiger partial charge in [0.1, 0.15) is 0 Å². The van der Waals surface area contributed by atoms with E-state index in [1.165, 1.54) is 31.3 Å². The van der Waals surface area contributed by atoms with Crippen LogP contribution in [0.2, 0.25) is 0 Å². The maximum atomic E-state index is 12.1. The molecule has 7 heteroatoms. The van der Waals surface area contributed by atoms with Gasteiger partial charge < -0.3 is 10.6 Å². The minimum Gasteiger partial charge on any atom is -0.355 e. The van der Waals surface area contributed by atoms with E-state index in [0.29, 0.717) is 12.1 Å². The van der Waals surface area contributed by atoms with Crippen molar-refractivity contribution in [2.24, 2.45) is 0 Å². The Morgan fingerprint density at radius 2 is 2.00 bits per heavy atom. The van der Waals surface area contributed by atoms with Gasteiger partial charge in [-0.05, 0) is 37.2 Å². The first kappa shape index (κ1) is 14.0. The third-order valence-electron chi connectivity index (χ3n) is 3.04. The molecule has 2 rings (SSSR count). The van der Waals surface area contributed by atoms with E-state index in [2.05, 4.69) is 15.4 Å². The Bertz CT molecular complexity index is 548. The molecule has 1 aromatic rings. The van der Waals surface area contributed by atoms with Gasteiger partial charge in [-0.1, -0.05) is 0 Å². The van der Waals surface area contributed by atoms with Gasteiger partial charge in [0.2, 0.25) is 10.0 Å². The summed E-state index contributed by atoms with van der Waals surface area (Å²) in [4.78, 5) is 11.5. The normalized spacial score (nSPS) is 19.3. The van der Waals surface area contributed by atoms with Crippen molar-refractivity contribution < 1.29 is 13.2 Å². The van der Waals surface area contributed by atoms with Crippen molar-refractivity contribution in [1.29, 1.82) is 0 Å². The summed E-state index contributed by atoms with van der Waals surface area (Å²) in [5.74, 6) is -0.239. The number of nitrogens with one attached hydrogen (secondary N) is 3. The highest BCUT2D eigenvalue weighted by Crippen LogP contribution is 2.12. The minimum atomic E-state index is -3.51. The molecule has 1 saturated heterocycles. The van der Waals surface area contributed by atoms with Crippen LogP contribution in [0.5, 0.6) is 0 Å². The molecule has 1 amide bonds. The Balaban J connectivity index is 2.14. The molecule has 0 unspecified atom stereocenters. The minimum absolute atomic E-state index is 0.0661. The number of amides is 1. The molecule has 0 spiro atoms. The molecular weight excluding hydrogens is 266 g/mol. The first-order valence-electron chi connectivity index (χ1n) is 6.08. The van der Waals surface area contributed by atoms with Crippen molar-refractivity contribution in [3.05, 3.63) is 29.8 Å². The zero-order valence-corrected chi connectivity index (χ0v) is 11.5. The van der Waals surface area contributed by atoms with E-state index in [4.69, 9.17) is 0 Å². The lowest BCUT2D eigenvalue weighted by Gasteiger charge is -2.12. The molecular formula is C12H17N3O3S. The molecule has 0 saturated carbocycles. The number of rotatable bonds is 4. The maximum Gasteiger partial charge on any atom is 0.251 e. The summed E-state index contributed by atoms with van der Waals surface area (Å²) >= 11 is 0. The van der Waals surface area contributed by atoms with E-state index in [-0.39, 0.29) is 16.8 Å². The number of carbonyl (C=O) groups is 1. The van der Waals surface area contributed by atoms with Crippen molar-refractivity contribution in [2.45, 2.75) is 17.4 Å². The van der Waals surface area contributed by atoms with E-state index >= 15 is 0 Å². The predicted molar refractivity (Wildman–Crippen MR) is 71.4 cm³/mol. The van der Waals surface area contributed by atoms with Gasteiger partial charge in [0.25, 0.3) is 5.91 Å². The van der Waals surface area contributed by atoms with Gasteiger partial charge in [-0.2, -0.15) is 0 Å². The van der Waals surface area contributed by atoms with Gasteiger partial charge >= 0.3 is 0 Å². The second-order valence-electron chi connectivity index (χ2n) is 4.41. The van der Waals surface area contributed by atoms with E-state index in [1.54, 1.807) is 0 Å². The molecule has 1 aromatic carbocycles. The largest absolute Gasteiger partial charge is 0.355 e. The van der Waals surface area contributed by atoms with Crippen molar-refractivity contribution in [3.8, 4) is 0 Å². The summed E-state index contributed by atoms with van der Waals surface area (Å²) in [6.45, 7) is 1.47. The van der Waals surface area contributed by atoms with Crippen LogP contribution in [0, 0.1) is 0 Å². The van der Waals surface area contributed by atoms with E-state index in [9.17, 15) is 13.2 Å². The van der Waals surface area contributed by atoms with Crippen LogP contribution in [0.25, 0.3) is 0 Å². The molecule has 1 aliphatic heterocycles. The van der Waals surface area contributed by atoms with Gasteiger partial charge in [-0.3, -0.25) is 4.79 Å². The summed E-state index contributed by atoms with van der Waals surface area (Å²) in [5.41, 5.74) is 0.434. The Labute approximate surface area is 112 Å². The lowest BCUT2D eigenvalue weighted by atomic mass is 10.2. The molecule has 0 bridgehead atoms. The number of sulfonamides is 1. The van der Waals surface area contributed by atoms with Gasteiger partial charge in [0.15, 0.2) is 0 Å². The summed E-state index contributed by atoms with van der Waals surface area (Å²) in [5, 5.41) is 5.58. The van der Waals surface area contributed by atoms with Gasteiger partial charge in [-0.15, -0.1) is 0 Å². The zero-order chi connectivity index (χ0) is 13.9. The predicted octanol–water partition coefficient (Wildman–Crippen LogP) is -0.314. The molecule has 1 fully saturated rings. The average molecular weight is 283 g/mol. The van der Waals surface area contributed by atoms with Crippen LogP contribution in [0.15, 0.2) is 29.2 Å². The molecule has 0 radical (unpaired) electrons. The maximum absolute atomic E-state index is 12.1. The van der Waals surface area contributed by atoms with Crippen LogP contribution < -0.4 is 15.4 Å². The monoisotopic (exact) mass is 283 g/mol. The van der Waals surface area contributed by atoms with Crippen molar-refractivity contribution in [1.82, 2.24) is 15.4 Å². The molecule has 1 heterocycles. The van der Waals surface area contributed by atoms with Crippen LogP contribution in [-0.2, 0) is 10.0 Å². The summed E-state index contributed by atoms with van der Waals surface area (Å²) in [6.07, 6.45) is 0.787. The van der Waals surface area contributed by atoms with E-state index in [1.807, 2.05) is 0 Å². The van der Waals surface area contributed by atoms with Crippen molar-refractivity contribution >= 4 is 15.9 Å². The smallest absolute Gasteiger partial charge is 0.251 e. The Morgan fingerprint density at radius 3 is 2.53 bits per heavy atom. The van der Waals surface area contributed by atoms with Gasteiger partial charge in [0, 0.05) is 25.2 Å². The van der Waals surface area contributed by atoms with Crippen LogP contribution in [0.4, 0.5) is 0 Å². The fraction of sp³-hybridized carbons (Fsp3) is 0.417. The summed E-state index contributed by atoms with van der Waals surface area (Å²) in [6, 6.07) is 5.81. The van der Waals surface area contributed by atoms with Crippen LogP contribution >= 0.6 is 0 Å². The molecule has 1 aliphatic rings. The number of benzene rings is 1. The molecule has 0 aliphatic carbocycles. The van der Waals surface area contributed by atoms with Crippen molar-refractivity contribution in [2.75, 3.05) is 20.1 Å². The number of hydrogen-bond acceptors (Lipinski definition) is 4. The lowest BCUT2D eigenvalue weighted by Crippen LogP contribution is -2.36. The van der Waals surface area contributed by atoms with Gasteiger partial charge in [0.05, 0.1) is 4.90 Å². The first-order chi connectivity index (χ1) is 9.03. The zero-order valence-electron chi connectivity index (χ0n) is 10.6. The first-order valence-corrected chi connectivity index (χ1v) is 7.56. The summed E-state index contributed by atoms with van der Waals surface area (Å²) in [7, 11) is -1.99.